The molecule has 0 aliphatic heterocycles. The first kappa shape index (κ1) is 11.6. The van der Waals surface area contributed by atoms with Gasteiger partial charge in [-0.3, -0.25) is 14.9 Å². The Morgan fingerprint density at radius 2 is 1.89 bits per heavy atom. The third-order valence-corrected chi connectivity index (χ3v) is 2.50. The van der Waals surface area contributed by atoms with Crippen molar-refractivity contribution in [2.45, 2.75) is 0 Å². The highest BCUT2D eigenvalue weighted by molar-refractivity contribution is 5.98. The van der Waals surface area contributed by atoms with Crippen LogP contribution in [0.5, 0.6) is 0 Å². The van der Waals surface area contributed by atoms with Crippen molar-refractivity contribution in [3.05, 3.63) is 46.0 Å². The molecule has 1 aromatic carbocycles. The Balaban J connectivity index is 2.40. The van der Waals surface area contributed by atoms with Gasteiger partial charge in [-0.15, -0.1) is 0 Å². The molecule has 0 atom stereocenters. The summed E-state index contributed by atoms with van der Waals surface area (Å²) in [5, 5.41) is 10.5. The molecule has 5 N–H and O–H groups in total. The second-order valence-electron chi connectivity index (χ2n) is 3.68. The van der Waals surface area contributed by atoms with Gasteiger partial charge in [0.15, 0.2) is 0 Å². The molecule has 0 aliphatic rings. The third-order valence-electron chi connectivity index (χ3n) is 2.50. The van der Waals surface area contributed by atoms with E-state index >= 15 is 0 Å². The second kappa shape index (κ2) is 4.21. The highest BCUT2D eigenvalue weighted by Crippen LogP contribution is 2.24. The van der Waals surface area contributed by atoms with Gasteiger partial charge in [0.1, 0.15) is 5.82 Å². The summed E-state index contributed by atoms with van der Waals surface area (Å²) in [5.74, 6) is -0.451. The van der Waals surface area contributed by atoms with Crippen LogP contribution >= 0.6 is 0 Å². The number of nitro groups is 1. The molecule has 0 aliphatic carbocycles. The average molecular weight is 246 g/mol. The molecule has 7 heteroatoms. The molecule has 1 aromatic heterocycles. The number of rotatable bonds is 3. The second-order valence-corrected chi connectivity index (χ2v) is 3.68. The third kappa shape index (κ3) is 2.01. The summed E-state index contributed by atoms with van der Waals surface area (Å²) in [7, 11) is 0. The Morgan fingerprint density at radius 3 is 2.33 bits per heavy atom. The number of benzene rings is 1. The van der Waals surface area contributed by atoms with Gasteiger partial charge in [-0.05, 0) is 23.8 Å². The predicted octanol–water partition coefficient (Wildman–Crippen LogP) is 1.27. The van der Waals surface area contributed by atoms with Crippen molar-refractivity contribution >= 4 is 17.4 Å². The summed E-state index contributed by atoms with van der Waals surface area (Å²) >= 11 is 0. The van der Waals surface area contributed by atoms with Gasteiger partial charge in [-0.1, -0.05) is 0 Å². The highest BCUT2D eigenvalue weighted by Gasteiger charge is 2.12. The monoisotopic (exact) mass is 246 g/mol. The maximum atomic E-state index is 11.0. The number of primary amides is 1. The lowest BCUT2D eigenvalue weighted by Crippen LogP contribution is -2.11. The van der Waals surface area contributed by atoms with Crippen molar-refractivity contribution in [2.75, 3.05) is 5.73 Å². The number of nitrogens with two attached hydrogens (primary N) is 2. The maximum absolute atomic E-state index is 11.0. The van der Waals surface area contributed by atoms with Gasteiger partial charge in [0, 0.05) is 17.8 Å². The number of nitrogen functional groups attached to an aromatic ring is 1. The van der Waals surface area contributed by atoms with Crippen LogP contribution in [0, 0.1) is 10.1 Å². The van der Waals surface area contributed by atoms with Crippen molar-refractivity contribution in [3.8, 4) is 11.3 Å². The Hall–Kier alpha value is -2.83. The molecule has 0 radical (unpaired) electrons. The molecular weight excluding hydrogens is 236 g/mol. The van der Waals surface area contributed by atoms with E-state index in [-0.39, 0.29) is 17.1 Å². The normalized spacial score (nSPS) is 10.2. The fourth-order valence-electron chi connectivity index (χ4n) is 1.59. The minimum Gasteiger partial charge on any atom is -0.385 e. The Bertz CT molecular complexity index is 616. The summed E-state index contributed by atoms with van der Waals surface area (Å²) in [6.07, 6.45) is 0. The first-order valence-electron chi connectivity index (χ1n) is 5.02. The van der Waals surface area contributed by atoms with Crippen LogP contribution in [-0.2, 0) is 0 Å². The van der Waals surface area contributed by atoms with E-state index in [1.54, 1.807) is 12.1 Å². The number of nitrogens with one attached hydrogen (secondary N) is 1. The number of carbonyl (C=O) groups excluding carboxylic acids is 1. The van der Waals surface area contributed by atoms with Gasteiger partial charge in [0.2, 0.25) is 0 Å². The molecule has 0 unspecified atom stereocenters. The van der Waals surface area contributed by atoms with Crippen molar-refractivity contribution in [2.24, 2.45) is 5.73 Å². The van der Waals surface area contributed by atoms with Gasteiger partial charge in [-0.25, -0.2) is 0 Å². The number of anilines is 1. The molecule has 1 heterocycles. The molecule has 92 valence electrons. The average Bonchev–Trinajstić information content (AvgIpc) is 2.71. The number of carbonyl (C=O) groups is 1. The molecular formula is C11H10N4O3. The summed E-state index contributed by atoms with van der Waals surface area (Å²) in [5.41, 5.74) is 12.2. The summed E-state index contributed by atoms with van der Waals surface area (Å²) in [4.78, 5) is 23.9. The Kier molecular flexibility index (Phi) is 2.72. The molecule has 2 aromatic rings. The lowest BCUT2D eigenvalue weighted by molar-refractivity contribution is -0.384. The number of non-ortho nitro benzene ring substituents is 1. The number of H-pyrrole nitrogens is 1. The minimum atomic E-state index is -0.628. The Labute approximate surface area is 102 Å². The van der Waals surface area contributed by atoms with Crippen molar-refractivity contribution < 1.29 is 9.72 Å². The van der Waals surface area contributed by atoms with Crippen LogP contribution in [0.25, 0.3) is 11.3 Å². The predicted molar refractivity (Wildman–Crippen MR) is 65.8 cm³/mol. The molecule has 0 bridgehead atoms. The van der Waals surface area contributed by atoms with Gasteiger partial charge < -0.3 is 16.5 Å². The summed E-state index contributed by atoms with van der Waals surface area (Å²) in [6, 6.07) is 7.38. The van der Waals surface area contributed by atoms with E-state index < -0.39 is 10.8 Å². The molecule has 0 saturated heterocycles. The summed E-state index contributed by atoms with van der Waals surface area (Å²) < 4.78 is 0. The van der Waals surface area contributed by atoms with Crippen LogP contribution in [0.4, 0.5) is 11.5 Å². The fraction of sp³-hybridized carbons (Fsp3) is 0. The largest absolute Gasteiger partial charge is 0.385 e. The van der Waals surface area contributed by atoms with Crippen molar-refractivity contribution in [1.29, 1.82) is 0 Å². The molecule has 0 spiro atoms. The molecule has 1 amide bonds. The number of aromatic amines is 1. The van der Waals surface area contributed by atoms with Gasteiger partial charge in [0.25, 0.3) is 11.6 Å². The molecule has 7 nitrogen and oxygen atoms in total. The molecule has 18 heavy (non-hydrogen) atoms. The zero-order chi connectivity index (χ0) is 13.3. The number of nitro benzene ring substituents is 1. The first-order chi connectivity index (χ1) is 8.49. The number of hydrogen-bond acceptors (Lipinski definition) is 4. The SMILES string of the molecule is NC(=O)c1cc(-c2ccc([N+](=O)[O-])cc2)[nH]c1N. The maximum Gasteiger partial charge on any atom is 0.269 e. The number of hydrogen-bond donors (Lipinski definition) is 3. The quantitative estimate of drug-likeness (QED) is 0.556. The van der Waals surface area contributed by atoms with E-state index in [1.165, 1.54) is 18.2 Å². The van der Waals surface area contributed by atoms with Crippen LogP contribution in [0.1, 0.15) is 10.4 Å². The topological polar surface area (TPSA) is 128 Å². The van der Waals surface area contributed by atoms with Crippen molar-refractivity contribution in [1.82, 2.24) is 4.98 Å². The van der Waals surface area contributed by atoms with E-state index in [2.05, 4.69) is 4.98 Å². The van der Waals surface area contributed by atoms with E-state index in [0.29, 0.717) is 11.3 Å². The Morgan fingerprint density at radius 1 is 1.28 bits per heavy atom. The van der Waals surface area contributed by atoms with Gasteiger partial charge in [-0.2, -0.15) is 0 Å². The van der Waals surface area contributed by atoms with Crippen LogP contribution in [0.15, 0.2) is 30.3 Å². The van der Waals surface area contributed by atoms with Crippen LogP contribution in [0.2, 0.25) is 0 Å². The van der Waals surface area contributed by atoms with E-state index in [1.807, 2.05) is 0 Å². The van der Waals surface area contributed by atoms with Crippen LogP contribution in [0.3, 0.4) is 0 Å². The molecule has 0 fully saturated rings. The smallest absolute Gasteiger partial charge is 0.269 e. The number of aromatic nitrogens is 1. The number of amides is 1. The van der Waals surface area contributed by atoms with Gasteiger partial charge in [0.05, 0.1) is 10.5 Å². The molecule has 0 saturated carbocycles. The fourth-order valence-corrected chi connectivity index (χ4v) is 1.59. The zero-order valence-corrected chi connectivity index (χ0v) is 9.21. The van der Waals surface area contributed by atoms with E-state index in [9.17, 15) is 14.9 Å². The zero-order valence-electron chi connectivity index (χ0n) is 9.21. The standard InChI is InChI=1S/C11H10N4O3/c12-10-8(11(13)16)5-9(14-10)6-1-3-7(4-2-6)15(17)18/h1-5,14H,12H2,(H2,13,16). The van der Waals surface area contributed by atoms with Crippen LogP contribution in [-0.4, -0.2) is 15.8 Å². The van der Waals surface area contributed by atoms with Gasteiger partial charge >= 0.3 is 0 Å². The van der Waals surface area contributed by atoms with E-state index in [0.717, 1.165) is 0 Å². The van der Waals surface area contributed by atoms with Crippen LogP contribution < -0.4 is 11.5 Å². The lowest BCUT2D eigenvalue weighted by Gasteiger charge is -1.97. The number of nitrogens with zero attached hydrogens (tertiary/aromatic N) is 1. The highest BCUT2D eigenvalue weighted by atomic mass is 16.6. The van der Waals surface area contributed by atoms with Crippen molar-refractivity contribution in [3.63, 3.8) is 0 Å². The summed E-state index contributed by atoms with van der Waals surface area (Å²) in [6.45, 7) is 0. The molecule has 2 rings (SSSR count). The minimum absolute atomic E-state index is 0.00611. The van der Waals surface area contributed by atoms with E-state index in [4.69, 9.17) is 11.5 Å². The first-order valence-corrected chi connectivity index (χ1v) is 5.02. The lowest BCUT2D eigenvalue weighted by atomic mass is 10.1.